The van der Waals surface area contributed by atoms with Crippen LogP contribution in [0.3, 0.4) is 0 Å². The zero-order valence-corrected chi connectivity index (χ0v) is 11.9. The maximum absolute atomic E-state index is 13.6. The summed E-state index contributed by atoms with van der Waals surface area (Å²) in [6.07, 6.45) is 0. The Morgan fingerprint density at radius 3 is 2.14 bits per heavy atom. The van der Waals surface area contributed by atoms with E-state index in [0.717, 1.165) is 6.07 Å². The van der Waals surface area contributed by atoms with Crippen molar-refractivity contribution in [3.05, 3.63) is 58.9 Å². The van der Waals surface area contributed by atoms with Gasteiger partial charge in [0.1, 0.15) is 5.82 Å². The molecule has 0 spiro atoms. The van der Waals surface area contributed by atoms with E-state index in [2.05, 4.69) is 10.6 Å². The van der Waals surface area contributed by atoms with Gasteiger partial charge in [0.15, 0.2) is 0 Å². The molecule has 2 rings (SSSR count). The molecular formula is C15H12ClFN2O2. The van der Waals surface area contributed by atoms with Crippen LogP contribution in [0.4, 0.5) is 15.8 Å². The summed E-state index contributed by atoms with van der Waals surface area (Å²) in [5.74, 6) is -1.43. The number of anilines is 2. The molecule has 0 aliphatic carbocycles. The highest BCUT2D eigenvalue weighted by molar-refractivity contribution is 6.31. The standard InChI is InChI=1S/C15H12ClFN2O2/c1-9(20)18-11-3-5-12(6-4-11)19-15(21)13-8-10(16)2-7-14(13)17/h2-8H,1H3,(H,18,20)(H,19,21). The summed E-state index contributed by atoms with van der Waals surface area (Å²) in [5, 5.41) is 5.44. The zero-order chi connectivity index (χ0) is 15.4. The summed E-state index contributed by atoms with van der Waals surface area (Å²) >= 11 is 5.75. The first-order chi connectivity index (χ1) is 9.95. The van der Waals surface area contributed by atoms with Gasteiger partial charge in [-0.1, -0.05) is 11.6 Å². The summed E-state index contributed by atoms with van der Waals surface area (Å²) in [6, 6.07) is 10.2. The lowest BCUT2D eigenvalue weighted by molar-refractivity contribution is -0.114. The van der Waals surface area contributed by atoms with E-state index in [1.54, 1.807) is 24.3 Å². The van der Waals surface area contributed by atoms with E-state index in [9.17, 15) is 14.0 Å². The van der Waals surface area contributed by atoms with Crippen LogP contribution < -0.4 is 10.6 Å². The predicted molar refractivity (Wildman–Crippen MR) is 80.1 cm³/mol. The Hall–Kier alpha value is -2.40. The highest BCUT2D eigenvalue weighted by Gasteiger charge is 2.12. The summed E-state index contributed by atoms with van der Waals surface area (Å²) < 4.78 is 13.6. The van der Waals surface area contributed by atoms with Gasteiger partial charge in [0.05, 0.1) is 5.56 Å². The molecule has 21 heavy (non-hydrogen) atoms. The molecule has 0 aliphatic heterocycles. The third-order valence-electron chi connectivity index (χ3n) is 2.64. The van der Waals surface area contributed by atoms with Crippen molar-refractivity contribution in [2.24, 2.45) is 0 Å². The second-order valence-electron chi connectivity index (χ2n) is 4.34. The van der Waals surface area contributed by atoms with E-state index in [0.29, 0.717) is 11.4 Å². The number of benzene rings is 2. The molecule has 0 fully saturated rings. The van der Waals surface area contributed by atoms with Gasteiger partial charge in [-0.25, -0.2) is 4.39 Å². The number of carbonyl (C=O) groups is 2. The first kappa shape index (κ1) is 15.0. The van der Waals surface area contributed by atoms with Crippen LogP contribution in [-0.2, 0) is 4.79 Å². The molecule has 108 valence electrons. The van der Waals surface area contributed by atoms with Gasteiger partial charge in [-0.3, -0.25) is 9.59 Å². The Kier molecular flexibility index (Phi) is 4.55. The molecule has 2 aromatic carbocycles. The Labute approximate surface area is 125 Å². The number of nitrogens with one attached hydrogen (secondary N) is 2. The largest absolute Gasteiger partial charge is 0.326 e. The van der Waals surface area contributed by atoms with Crippen molar-refractivity contribution < 1.29 is 14.0 Å². The van der Waals surface area contributed by atoms with Crippen molar-refractivity contribution in [3.63, 3.8) is 0 Å². The van der Waals surface area contributed by atoms with Crippen molar-refractivity contribution in [1.82, 2.24) is 0 Å². The minimum absolute atomic E-state index is 0.131. The molecule has 2 N–H and O–H groups in total. The third kappa shape index (κ3) is 4.03. The van der Waals surface area contributed by atoms with Crippen LogP contribution in [0.5, 0.6) is 0 Å². The number of hydrogen-bond acceptors (Lipinski definition) is 2. The summed E-state index contributed by atoms with van der Waals surface area (Å²) in [4.78, 5) is 22.9. The SMILES string of the molecule is CC(=O)Nc1ccc(NC(=O)c2cc(Cl)ccc2F)cc1. The van der Waals surface area contributed by atoms with Gasteiger partial charge in [0, 0.05) is 23.3 Å². The van der Waals surface area contributed by atoms with Gasteiger partial charge in [0.2, 0.25) is 5.91 Å². The monoisotopic (exact) mass is 306 g/mol. The van der Waals surface area contributed by atoms with Crippen LogP contribution in [0.25, 0.3) is 0 Å². The van der Waals surface area contributed by atoms with Gasteiger partial charge >= 0.3 is 0 Å². The van der Waals surface area contributed by atoms with E-state index in [4.69, 9.17) is 11.6 Å². The maximum Gasteiger partial charge on any atom is 0.258 e. The van der Waals surface area contributed by atoms with E-state index in [-0.39, 0.29) is 16.5 Å². The van der Waals surface area contributed by atoms with Crippen LogP contribution in [-0.4, -0.2) is 11.8 Å². The molecule has 2 aromatic rings. The fraction of sp³-hybridized carbons (Fsp3) is 0.0667. The molecule has 0 atom stereocenters. The van der Waals surface area contributed by atoms with Crippen molar-refractivity contribution in [2.75, 3.05) is 10.6 Å². The van der Waals surface area contributed by atoms with Gasteiger partial charge in [0.25, 0.3) is 5.91 Å². The first-order valence-electron chi connectivity index (χ1n) is 6.10. The third-order valence-corrected chi connectivity index (χ3v) is 2.87. The lowest BCUT2D eigenvalue weighted by Crippen LogP contribution is -2.14. The fourth-order valence-corrected chi connectivity index (χ4v) is 1.88. The molecule has 0 bridgehead atoms. The number of halogens is 2. The van der Waals surface area contributed by atoms with Crippen LogP contribution in [0.1, 0.15) is 17.3 Å². The minimum atomic E-state index is -0.647. The Morgan fingerprint density at radius 1 is 1.00 bits per heavy atom. The van der Waals surface area contributed by atoms with E-state index < -0.39 is 11.7 Å². The van der Waals surface area contributed by atoms with E-state index >= 15 is 0 Å². The van der Waals surface area contributed by atoms with Crippen LogP contribution in [0.2, 0.25) is 5.02 Å². The van der Waals surface area contributed by atoms with Crippen LogP contribution >= 0.6 is 11.6 Å². The molecule has 2 amide bonds. The molecule has 0 aromatic heterocycles. The highest BCUT2D eigenvalue weighted by atomic mass is 35.5. The van der Waals surface area contributed by atoms with Crippen molar-refractivity contribution in [2.45, 2.75) is 6.92 Å². The average Bonchev–Trinajstić information content (AvgIpc) is 2.43. The molecule has 0 heterocycles. The summed E-state index contributed by atoms with van der Waals surface area (Å²) in [6.45, 7) is 1.40. The van der Waals surface area contributed by atoms with Gasteiger partial charge < -0.3 is 10.6 Å². The average molecular weight is 307 g/mol. The summed E-state index contributed by atoms with van der Waals surface area (Å²) in [5.41, 5.74) is 0.955. The Balaban J connectivity index is 2.12. The van der Waals surface area contributed by atoms with Crippen molar-refractivity contribution >= 4 is 34.8 Å². The van der Waals surface area contributed by atoms with Crippen LogP contribution in [0, 0.1) is 5.82 Å². The molecule has 4 nitrogen and oxygen atoms in total. The fourth-order valence-electron chi connectivity index (χ4n) is 1.71. The van der Waals surface area contributed by atoms with Crippen molar-refractivity contribution in [3.8, 4) is 0 Å². The smallest absolute Gasteiger partial charge is 0.258 e. The number of rotatable bonds is 3. The second kappa shape index (κ2) is 6.37. The number of hydrogen-bond donors (Lipinski definition) is 2. The van der Waals surface area contributed by atoms with E-state index in [1.807, 2.05) is 0 Å². The van der Waals surface area contributed by atoms with Crippen LogP contribution in [0.15, 0.2) is 42.5 Å². The number of amides is 2. The Bertz CT molecular complexity index is 687. The van der Waals surface area contributed by atoms with E-state index in [1.165, 1.54) is 19.1 Å². The topological polar surface area (TPSA) is 58.2 Å². The molecular weight excluding hydrogens is 295 g/mol. The number of carbonyl (C=O) groups excluding carboxylic acids is 2. The molecule has 0 aliphatic rings. The zero-order valence-electron chi connectivity index (χ0n) is 11.1. The molecule has 0 unspecified atom stereocenters. The Morgan fingerprint density at radius 2 is 1.57 bits per heavy atom. The quantitative estimate of drug-likeness (QED) is 0.908. The van der Waals surface area contributed by atoms with Gasteiger partial charge in [-0.2, -0.15) is 0 Å². The highest BCUT2D eigenvalue weighted by Crippen LogP contribution is 2.18. The normalized spacial score (nSPS) is 10.0. The van der Waals surface area contributed by atoms with Crippen molar-refractivity contribution in [1.29, 1.82) is 0 Å². The van der Waals surface area contributed by atoms with Gasteiger partial charge in [-0.15, -0.1) is 0 Å². The minimum Gasteiger partial charge on any atom is -0.326 e. The molecule has 0 saturated heterocycles. The predicted octanol–water partition coefficient (Wildman–Crippen LogP) is 3.69. The lowest BCUT2D eigenvalue weighted by atomic mass is 10.2. The summed E-state index contributed by atoms with van der Waals surface area (Å²) in [7, 11) is 0. The maximum atomic E-state index is 13.6. The van der Waals surface area contributed by atoms with Gasteiger partial charge in [-0.05, 0) is 42.5 Å². The first-order valence-corrected chi connectivity index (χ1v) is 6.47. The lowest BCUT2D eigenvalue weighted by Gasteiger charge is -2.08. The molecule has 0 saturated carbocycles. The molecule has 6 heteroatoms. The second-order valence-corrected chi connectivity index (χ2v) is 4.77. The molecule has 0 radical (unpaired) electrons.